The van der Waals surface area contributed by atoms with E-state index in [0.717, 1.165) is 30.0 Å². The number of azo groups is 1. The molecule has 1 N–H and O–H groups in total. The highest BCUT2D eigenvalue weighted by atomic mass is 16.2. The maximum Gasteiger partial charge on any atom is 0.0858 e. The van der Waals surface area contributed by atoms with Crippen molar-refractivity contribution in [2.45, 2.75) is 84.5 Å². The second-order valence-corrected chi connectivity index (χ2v) is 8.62. The van der Waals surface area contributed by atoms with Crippen molar-refractivity contribution in [3.05, 3.63) is 54.1 Å². The maximum absolute atomic E-state index is 9.00. The van der Waals surface area contributed by atoms with Gasteiger partial charge in [0.15, 0.2) is 0 Å². The lowest BCUT2D eigenvalue weighted by Gasteiger charge is -2.23. The number of unbranched alkanes of at least 4 members (excludes halogenated alkanes) is 9. The van der Waals surface area contributed by atoms with Crippen molar-refractivity contribution in [3.63, 3.8) is 0 Å². The van der Waals surface area contributed by atoms with Gasteiger partial charge in [0.2, 0.25) is 0 Å². The minimum atomic E-state index is 0.168. The Bertz CT molecular complexity index is 740. The SMILES string of the molecule is CCCCCCCCCCCCN(CC)c1ccc(N=Nc2ccc(CCO)cc2)cc1. The van der Waals surface area contributed by atoms with Gasteiger partial charge in [-0.3, -0.25) is 0 Å². The van der Waals surface area contributed by atoms with Crippen LogP contribution in [0.3, 0.4) is 0 Å². The summed E-state index contributed by atoms with van der Waals surface area (Å²) in [6, 6.07) is 16.2. The summed E-state index contributed by atoms with van der Waals surface area (Å²) in [6.45, 7) is 6.82. The molecular formula is C28H43N3O. The van der Waals surface area contributed by atoms with Gasteiger partial charge in [-0.2, -0.15) is 10.2 Å². The molecule has 32 heavy (non-hydrogen) atoms. The largest absolute Gasteiger partial charge is 0.396 e. The number of aliphatic hydroxyl groups excluding tert-OH is 1. The third kappa shape index (κ3) is 10.4. The number of rotatable bonds is 17. The average Bonchev–Trinajstić information content (AvgIpc) is 2.83. The van der Waals surface area contributed by atoms with Crippen LogP contribution in [-0.4, -0.2) is 24.8 Å². The van der Waals surface area contributed by atoms with Crippen LogP contribution in [0.4, 0.5) is 17.1 Å². The number of hydrogen-bond donors (Lipinski definition) is 1. The summed E-state index contributed by atoms with van der Waals surface area (Å²) < 4.78 is 0. The molecule has 0 bridgehead atoms. The van der Waals surface area contributed by atoms with Crippen LogP contribution in [0.2, 0.25) is 0 Å². The van der Waals surface area contributed by atoms with Crippen molar-refractivity contribution >= 4 is 17.1 Å². The molecule has 2 aromatic rings. The van der Waals surface area contributed by atoms with E-state index in [-0.39, 0.29) is 6.61 Å². The van der Waals surface area contributed by atoms with Crippen molar-refractivity contribution in [2.24, 2.45) is 10.2 Å². The van der Waals surface area contributed by atoms with Crippen LogP contribution in [0.25, 0.3) is 0 Å². The molecule has 2 rings (SSSR count). The summed E-state index contributed by atoms with van der Waals surface area (Å²) in [6.07, 6.45) is 14.4. The van der Waals surface area contributed by atoms with Gasteiger partial charge in [-0.1, -0.05) is 76.8 Å². The Kier molecular flexibility index (Phi) is 13.4. The zero-order chi connectivity index (χ0) is 22.9. The first-order valence-electron chi connectivity index (χ1n) is 12.7. The highest BCUT2D eigenvalue weighted by Gasteiger charge is 2.04. The Labute approximate surface area is 195 Å². The first-order valence-corrected chi connectivity index (χ1v) is 12.7. The Morgan fingerprint density at radius 1 is 0.656 bits per heavy atom. The Balaban J connectivity index is 1.69. The smallest absolute Gasteiger partial charge is 0.0858 e. The molecule has 176 valence electrons. The fourth-order valence-corrected chi connectivity index (χ4v) is 3.96. The Hall–Kier alpha value is -2.20. The minimum Gasteiger partial charge on any atom is -0.396 e. The van der Waals surface area contributed by atoms with E-state index in [9.17, 15) is 0 Å². The molecule has 0 radical (unpaired) electrons. The molecule has 2 aromatic carbocycles. The zero-order valence-electron chi connectivity index (χ0n) is 20.3. The van der Waals surface area contributed by atoms with E-state index in [1.54, 1.807) is 0 Å². The number of aliphatic hydroxyl groups is 1. The van der Waals surface area contributed by atoms with E-state index < -0.39 is 0 Å². The van der Waals surface area contributed by atoms with Crippen molar-refractivity contribution in [1.82, 2.24) is 0 Å². The van der Waals surface area contributed by atoms with Gasteiger partial charge >= 0.3 is 0 Å². The summed E-state index contributed by atoms with van der Waals surface area (Å²) in [5, 5.41) is 17.7. The minimum absolute atomic E-state index is 0.168. The third-order valence-corrected chi connectivity index (χ3v) is 6.00. The van der Waals surface area contributed by atoms with Crippen molar-refractivity contribution in [2.75, 3.05) is 24.6 Å². The van der Waals surface area contributed by atoms with Crippen LogP contribution < -0.4 is 4.90 Å². The zero-order valence-corrected chi connectivity index (χ0v) is 20.3. The van der Waals surface area contributed by atoms with Gasteiger partial charge in [-0.05, 0) is 61.7 Å². The standard InChI is InChI=1S/C28H43N3O/c1-3-5-6-7-8-9-10-11-12-13-23-31(4-2)28-20-18-27(19-21-28)30-29-26-16-14-25(15-17-26)22-24-32/h14-21,32H,3-13,22-24H2,1-2H3. The van der Waals surface area contributed by atoms with E-state index in [1.165, 1.54) is 69.9 Å². The predicted octanol–water partition coefficient (Wildman–Crippen LogP) is 8.38. The van der Waals surface area contributed by atoms with Crippen LogP contribution in [-0.2, 0) is 6.42 Å². The van der Waals surface area contributed by atoms with Crippen molar-refractivity contribution in [1.29, 1.82) is 0 Å². The maximum atomic E-state index is 9.00. The van der Waals surface area contributed by atoms with Gasteiger partial charge < -0.3 is 10.0 Å². The van der Waals surface area contributed by atoms with E-state index in [1.807, 2.05) is 36.4 Å². The molecule has 0 amide bonds. The van der Waals surface area contributed by atoms with Crippen LogP contribution in [0.1, 0.15) is 83.6 Å². The van der Waals surface area contributed by atoms with Gasteiger partial charge in [0.25, 0.3) is 0 Å². The third-order valence-electron chi connectivity index (χ3n) is 6.00. The van der Waals surface area contributed by atoms with Crippen molar-refractivity contribution < 1.29 is 5.11 Å². The first-order chi connectivity index (χ1) is 15.8. The average molecular weight is 438 g/mol. The molecule has 0 aliphatic rings. The van der Waals surface area contributed by atoms with Gasteiger partial charge in [0, 0.05) is 25.4 Å². The highest BCUT2D eigenvalue weighted by Crippen LogP contribution is 2.23. The highest BCUT2D eigenvalue weighted by molar-refractivity contribution is 5.53. The fourth-order valence-electron chi connectivity index (χ4n) is 3.96. The van der Waals surface area contributed by atoms with E-state index >= 15 is 0 Å². The predicted molar refractivity (Wildman–Crippen MR) is 138 cm³/mol. The monoisotopic (exact) mass is 437 g/mol. The lowest BCUT2D eigenvalue weighted by Crippen LogP contribution is -2.23. The summed E-state index contributed by atoms with van der Waals surface area (Å²) in [5.41, 5.74) is 4.06. The second-order valence-electron chi connectivity index (χ2n) is 8.62. The summed E-state index contributed by atoms with van der Waals surface area (Å²) in [7, 11) is 0. The van der Waals surface area contributed by atoms with Gasteiger partial charge in [0.1, 0.15) is 0 Å². The Morgan fingerprint density at radius 3 is 1.66 bits per heavy atom. The molecule has 4 nitrogen and oxygen atoms in total. The topological polar surface area (TPSA) is 48.2 Å². The van der Waals surface area contributed by atoms with Crippen molar-refractivity contribution in [3.8, 4) is 0 Å². The molecule has 0 fully saturated rings. The molecule has 0 aliphatic heterocycles. The number of anilines is 1. The molecule has 0 atom stereocenters. The van der Waals surface area contributed by atoms with E-state index in [0.29, 0.717) is 6.42 Å². The molecule has 0 aliphatic carbocycles. The normalized spacial score (nSPS) is 11.3. The molecule has 0 aromatic heterocycles. The number of nitrogens with zero attached hydrogens (tertiary/aromatic N) is 3. The van der Waals surface area contributed by atoms with Gasteiger partial charge in [-0.25, -0.2) is 0 Å². The summed E-state index contributed by atoms with van der Waals surface area (Å²) in [4.78, 5) is 2.45. The quantitative estimate of drug-likeness (QED) is 0.199. The van der Waals surface area contributed by atoms with Crippen LogP contribution in [0.15, 0.2) is 58.8 Å². The van der Waals surface area contributed by atoms with E-state index in [4.69, 9.17) is 5.11 Å². The first kappa shape index (κ1) is 26.1. The summed E-state index contributed by atoms with van der Waals surface area (Å²) >= 11 is 0. The Morgan fingerprint density at radius 2 is 1.16 bits per heavy atom. The van der Waals surface area contributed by atoms with Crippen LogP contribution in [0.5, 0.6) is 0 Å². The lowest BCUT2D eigenvalue weighted by molar-refractivity contribution is 0.299. The number of hydrogen-bond acceptors (Lipinski definition) is 4. The summed E-state index contributed by atoms with van der Waals surface area (Å²) in [5.74, 6) is 0. The van der Waals surface area contributed by atoms with Gasteiger partial charge in [-0.15, -0.1) is 0 Å². The molecular weight excluding hydrogens is 394 g/mol. The molecule has 4 heteroatoms. The molecule has 0 saturated carbocycles. The number of benzene rings is 2. The van der Waals surface area contributed by atoms with E-state index in [2.05, 4.69) is 41.1 Å². The molecule has 0 spiro atoms. The lowest BCUT2D eigenvalue weighted by atomic mass is 10.1. The van der Waals surface area contributed by atoms with Gasteiger partial charge in [0.05, 0.1) is 11.4 Å². The molecule has 0 saturated heterocycles. The second kappa shape index (κ2) is 16.4. The van der Waals surface area contributed by atoms with Crippen LogP contribution in [0, 0.1) is 0 Å². The molecule has 0 unspecified atom stereocenters. The van der Waals surface area contributed by atoms with Crippen LogP contribution >= 0.6 is 0 Å². The molecule has 0 heterocycles. The fraction of sp³-hybridized carbons (Fsp3) is 0.571.